The number of esters is 1. The highest BCUT2D eigenvalue weighted by Crippen LogP contribution is 2.40. The first-order valence-corrected chi connectivity index (χ1v) is 17.0. The van der Waals surface area contributed by atoms with Crippen molar-refractivity contribution in [3.05, 3.63) is 85.9 Å². The number of methoxy groups -OCH3 is 1. The van der Waals surface area contributed by atoms with Crippen molar-refractivity contribution in [2.75, 3.05) is 32.1 Å². The molecule has 4 aromatic rings. The lowest BCUT2D eigenvalue weighted by Gasteiger charge is -2.32. The highest BCUT2D eigenvalue weighted by atomic mass is 35.5. The van der Waals surface area contributed by atoms with Crippen LogP contribution in [0.2, 0.25) is 5.02 Å². The molecule has 1 aromatic carbocycles. The average Bonchev–Trinajstić information content (AvgIpc) is 3.59. The number of thiophene rings is 1. The maximum Gasteiger partial charge on any atom is 0.358 e. The SMILES string of the molecule is COC(=O)c1nc(NC(=O)C2CCN(C(=O)C[C@@H]3N=C(c4ccc(Cl)cc4)c4c(sc(C)c4C)-n4c(C)nnc43)CC2)ccc1C#CCN. The molecule has 2 aliphatic heterocycles. The lowest BCUT2D eigenvalue weighted by molar-refractivity contribution is -0.134. The summed E-state index contributed by atoms with van der Waals surface area (Å²) in [6.07, 6.45) is 1.03. The molecule has 0 bridgehead atoms. The number of anilines is 1. The molecule has 1 atom stereocenters. The van der Waals surface area contributed by atoms with Gasteiger partial charge in [-0.1, -0.05) is 35.6 Å². The number of hydrogen-bond acceptors (Lipinski definition) is 10. The van der Waals surface area contributed by atoms with Crippen LogP contribution >= 0.6 is 22.9 Å². The number of pyridine rings is 1. The molecular formula is C35H35ClN8O4S. The fourth-order valence-electron chi connectivity index (χ4n) is 6.07. The number of hydrogen-bond donors (Lipinski definition) is 2. The number of benzene rings is 1. The number of carbonyl (C=O) groups excluding carboxylic acids is 3. The number of nitrogens with one attached hydrogen (secondary N) is 1. The van der Waals surface area contributed by atoms with Gasteiger partial charge in [0.1, 0.15) is 22.7 Å². The number of halogens is 1. The van der Waals surface area contributed by atoms with Gasteiger partial charge >= 0.3 is 5.97 Å². The summed E-state index contributed by atoms with van der Waals surface area (Å²) in [6.45, 7) is 7.01. The van der Waals surface area contributed by atoms with Crippen molar-refractivity contribution in [1.82, 2.24) is 24.6 Å². The van der Waals surface area contributed by atoms with Gasteiger partial charge in [-0.2, -0.15) is 0 Å². The summed E-state index contributed by atoms with van der Waals surface area (Å²) >= 11 is 7.89. The molecule has 2 amide bonds. The van der Waals surface area contributed by atoms with E-state index in [9.17, 15) is 14.4 Å². The van der Waals surface area contributed by atoms with E-state index >= 15 is 0 Å². The minimum Gasteiger partial charge on any atom is -0.464 e. The van der Waals surface area contributed by atoms with Crippen LogP contribution in [0.5, 0.6) is 0 Å². The Morgan fingerprint density at radius 3 is 2.51 bits per heavy atom. The van der Waals surface area contributed by atoms with Crippen LogP contribution in [0.1, 0.15) is 74.6 Å². The van der Waals surface area contributed by atoms with E-state index in [1.807, 2.05) is 35.8 Å². The van der Waals surface area contributed by atoms with E-state index in [2.05, 4.69) is 46.2 Å². The number of ether oxygens (including phenoxy) is 1. The van der Waals surface area contributed by atoms with Gasteiger partial charge in [0.15, 0.2) is 11.5 Å². The van der Waals surface area contributed by atoms with Crippen LogP contribution in [0.4, 0.5) is 5.82 Å². The molecule has 3 aromatic heterocycles. The Bertz CT molecular complexity index is 2030. The monoisotopic (exact) mass is 698 g/mol. The number of piperidine rings is 1. The molecule has 6 rings (SSSR count). The van der Waals surface area contributed by atoms with Crippen molar-refractivity contribution >= 4 is 52.3 Å². The second-order valence-corrected chi connectivity index (χ2v) is 13.5. The van der Waals surface area contributed by atoms with Gasteiger partial charge in [-0.25, -0.2) is 9.78 Å². The lowest BCUT2D eigenvalue weighted by atomic mass is 9.95. The summed E-state index contributed by atoms with van der Waals surface area (Å²) in [4.78, 5) is 51.8. The highest BCUT2D eigenvalue weighted by molar-refractivity contribution is 7.15. The molecule has 0 aliphatic carbocycles. The number of likely N-dealkylation sites (tertiary alicyclic amines) is 1. The highest BCUT2D eigenvalue weighted by Gasteiger charge is 2.35. The maximum absolute atomic E-state index is 13.8. The molecule has 0 saturated carbocycles. The third-order valence-corrected chi connectivity index (χ3v) is 10.2. The number of rotatable bonds is 6. The number of aryl methyl sites for hydroxylation is 2. The summed E-state index contributed by atoms with van der Waals surface area (Å²) in [5, 5.41) is 13.3. The lowest BCUT2D eigenvalue weighted by Crippen LogP contribution is -2.42. The molecule has 0 radical (unpaired) electrons. The van der Waals surface area contributed by atoms with E-state index in [-0.39, 0.29) is 42.2 Å². The molecule has 1 fully saturated rings. The molecule has 1 saturated heterocycles. The van der Waals surface area contributed by atoms with E-state index in [0.717, 1.165) is 33.2 Å². The van der Waals surface area contributed by atoms with Crippen molar-refractivity contribution in [3.8, 4) is 16.8 Å². The number of aromatic nitrogens is 4. The number of amides is 2. The van der Waals surface area contributed by atoms with Crippen LogP contribution in [0.15, 0.2) is 41.4 Å². The molecule has 0 unspecified atom stereocenters. The summed E-state index contributed by atoms with van der Waals surface area (Å²) < 4.78 is 6.86. The van der Waals surface area contributed by atoms with Crippen LogP contribution < -0.4 is 11.1 Å². The zero-order valence-electron chi connectivity index (χ0n) is 27.5. The Kier molecular flexibility index (Phi) is 9.91. The van der Waals surface area contributed by atoms with Gasteiger partial charge in [0.05, 0.1) is 31.4 Å². The van der Waals surface area contributed by atoms with Crippen LogP contribution in [0, 0.1) is 38.5 Å². The minimum absolute atomic E-state index is 0.00609. The summed E-state index contributed by atoms with van der Waals surface area (Å²) in [5.41, 5.74) is 9.62. The van der Waals surface area contributed by atoms with Crippen LogP contribution in [-0.4, -0.2) is 74.9 Å². The zero-order chi connectivity index (χ0) is 34.8. The number of carbonyl (C=O) groups is 3. The fourth-order valence-corrected chi connectivity index (χ4v) is 7.41. The summed E-state index contributed by atoms with van der Waals surface area (Å²) in [5.74, 6) is 5.71. The molecular weight excluding hydrogens is 664 g/mol. The summed E-state index contributed by atoms with van der Waals surface area (Å²) in [6, 6.07) is 10.2. The molecule has 0 spiro atoms. The van der Waals surface area contributed by atoms with Gasteiger partial charge in [0.25, 0.3) is 0 Å². The minimum atomic E-state index is -0.670. The van der Waals surface area contributed by atoms with Crippen molar-refractivity contribution in [3.63, 3.8) is 0 Å². The van der Waals surface area contributed by atoms with Crippen molar-refractivity contribution in [2.24, 2.45) is 16.6 Å². The van der Waals surface area contributed by atoms with Gasteiger partial charge in [-0.3, -0.25) is 19.1 Å². The van der Waals surface area contributed by atoms with E-state index in [1.165, 1.54) is 12.0 Å². The Balaban J connectivity index is 1.18. The smallest absolute Gasteiger partial charge is 0.358 e. The quantitative estimate of drug-likeness (QED) is 0.219. The van der Waals surface area contributed by atoms with Gasteiger partial charge in [0.2, 0.25) is 11.8 Å². The first-order valence-electron chi connectivity index (χ1n) is 15.8. The first kappa shape index (κ1) is 34.0. The second kappa shape index (κ2) is 14.3. The molecule has 252 valence electrons. The normalized spacial score (nSPS) is 15.7. The van der Waals surface area contributed by atoms with Gasteiger partial charge < -0.3 is 20.7 Å². The fraction of sp³-hybridized carbons (Fsp3) is 0.343. The Morgan fingerprint density at radius 1 is 1.08 bits per heavy atom. The Morgan fingerprint density at radius 2 is 1.82 bits per heavy atom. The third kappa shape index (κ3) is 6.85. The van der Waals surface area contributed by atoms with E-state index in [4.69, 9.17) is 27.1 Å². The molecule has 3 N–H and O–H groups in total. The van der Waals surface area contributed by atoms with Gasteiger partial charge in [-0.05, 0) is 63.4 Å². The molecule has 14 heteroatoms. The van der Waals surface area contributed by atoms with Crippen LogP contribution in [0.3, 0.4) is 0 Å². The van der Waals surface area contributed by atoms with Crippen LogP contribution in [0.25, 0.3) is 5.00 Å². The third-order valence-electron chi connectivity index (χ3n) is 8.79. The standard InChI is InChI=1S/C35H35ClN8O4S/c1-19-20(2)49-34-29(19)30(23-7-10-25(36)11-8-23)38-26(32-42-41-21(3)44(32)34)18-28(45)43-16-13-24(14-17-43)33(46)40-27-12-9-22(6-5-15-37)31(39-27)35(47)48-4/h7-12,24,26H,13-18,37H2,1-4H3,(H,39,40,46)/t26-/m0/s1. The first-order chi connectivity index (χ1) is 23.6. The van der Waals surface area contributed by atoms with Crippen molar-refractivity contribution in [2.45, 2.75) is 46.1 Å². The van der Waals surface area contributed by atoms with Crippen molar-refractivity contribution < 1.29 is 19.1 Å². The number of nitrogens with two attached hydrogens (primary N) is 1. The average molecular weight is 699 g/mol. The van der Waals surface area contributed by atoms with Gasteiger partial charge in [-0.15, -0.1) is 21.5 Å². The maximum atomic E-state index is 13.8. The molecule has 12 nitrogen and oxygen atoms in total. The van der Waals surface area contributed by atoms with Crippen molar-refractivity contribution in [1.29, 1.82) is 0 Å². The van der Waals surface area contributed by atoms with E-state index < -0.39 is 12.0 Å². The number of aliphatic imine (C=N–C) groups is 1. The summed E-state index contributed by atoms with van der Waals surface area (Å²) in [7, 11) is 1.25. The van der Waals surface area contributed by atoms with E-state index in [1.54, 1.807) is 28.4 Å². The predicted octanol–water partition coefficient (Wildman–Crippen LogP) is 4.56. The Labute approximate surface area is 292 Å². The largest absolute Gasteiger partial charge is 0.464 e. The van der Waals surface area contributed by atoms with E-state index in [0.29, 0.717) is 42.3 Å². The predicted molar refractivity (Wildman–Crippen MR) is 187 cm³/mol. The second-order valence-electron chi connectivity index (χ2n) is 11.8. The van der Waals surface area contributed by atoms with Gasteiger partial charge in [0, 0.05) is 40.0 Å². The topological polar surface area (TPSA) is 158 Å². The number of fused-ring (bicyclic) bond motifs is 3. The molecule has 2 aliphatic rings. The number of nitrogens with zero attached hydrogens (tertiary/aromatic N) is 6. The van der Waals surface area contributed by atoms with Crippen LogP contribution in [-0.2, 0) is 14.3 Å². The zero-order valence-corrected chi connectivity index (χ0v) is 29.1. The molecule has 49 heavy (non-hydrogen) atoms. The Hall–Kier alpha value is -4.90. The molecule has 5 heterocycles.